The first-order valence-corrected chi connectivity index (χ1v) is 9.93. The van der Waals surface area contributed by atoms with Crippen LogP contribution in [0.15, 0.2) is 55.1 Å². The molecule has 0 saturated heterocycles. The molecule has 0 unspecified atom stereocenters. The van der Waals surface area contributed by atoms with Crippen molar-refractivity contribution in [2.24, 2.45) is 0 Å². The Morgan fingerprint density at radius 1 is 1.14 bits per heavy atom. The summed E-state index contributed by atoms with van der Waals surface area (Å²) < 4.78 is 7.52. The van der Waals surface area contributed by atoms with Gasteiger partial charge in [-0.3, -0.25) is 4.79 Å². The summed E-state index contributed by atoms with van der Waals surface area (Å²) in [6.45, 7) is 9.10. The number of aryl methyl sites for hydroxylation is 1. The first-order valence-electron chi connectivity index (χ1n) is 9.93. The van der Waals surface area contributed by atoms with Gasteiger partial charge in [-0.15, -0.1) is 0 Å². The lowest BCUT2D eigenvalue weighted by molar-refractivity contribution is 0.0940. The third-order valence-electron chi connectivity index (χ3n) is 5.19. The molecule has 1 N–H and O–H groups in total. The van der Waals surface area contributed by atoms with E-state index in [4.69, 9.17) is 4.74 Å². The zero-order chi connectivity index (χ0) is 21.0. The maximum Gasteiger partial charge on any atom is 0.251 e. The average Bonchev–Trinajstić information content (AvgIpc) is 3.20. The molecule has 3 rings (SSSR count). The molecular formula is C24H29N3O2. The Balaban J connectivity index is 1.72. The van der Waals surface area contributed by atoms with Crippen LogP contribution in [0.3, 0.4) is 0 Å². The molecule has 3 aromatic rings. The summed E-state index contributed by atoms with van der Waals surface area (Å²) in [5, 5.41) is 3.13. The maximum absolute atomic E-state index is 12.8. The summed E-state index contributed by atoms with van der Waals surface area (Å²) in [6.07, 6.45) is 5.46. The van der Waals surface area contributed by atoms with Crippen LogP contribution in [0.2, 0.25) is 0 Å². The molecule has 5 nitrogen and oxygen atoms in total. The van der Waals surface area contributed by atoms with Gasteiger partial charge < -0.3 is 14.6 Å². The molecule has 0 fully saturated rings. The van der Waals surface area contributed by atoms with E-state index >= 15 is 0 Å². The number of hydrogen-bond acceptors (Lipinski definition) is 3. The van der Waals surface area contributed by atoms with E-state index in [2.05, 4.69) is 43.2 Å². The number of imidazole rings is 1. The molecule has 0 bridgehead atoms. The highest BCUT2D eigenvalue weighted by molar-refractivity contribution is 5.94. The van der Waals surface area contributed by atoms with Gasteiger partial charge in [-0.2, -0.15) is 0 Å². The number of amides is 1. The Morgan fingerprint density at radius 2 is 1.86 bits per heavy atom. The largest absolute Gasteiger partial charge is 0.496 e. The van der Waals surface area contributed by atoms with E-state index in [1.54, 1.807) is 19.6 Å². The number of rotatable bonds is 7. The van der Waals surface area contributed by atoms with Crippen molar-refractivity contribution >= 4 is 5.91 Å². The van der Waals surface area contributed by atoms with Crippen molar-refractivity contribution in [3.63, 3.8) is 0 Å². The number of ether oxygens (including phenoxy) is 1. The van der Waals surface area contributed by atoms with Gasteiger partial charge in [-0.25, -0.2) is 4.98 Å². The molecule has 0 aliphatic rings. The topological polar surface area (TPSA) is 56.1 Å². The number of aromatic nitrogens is 2. The molecule has 0 spiro atoms. The minimum atomic E-state index is -0.100. The van der Waals surface area contributed by atoms with Crippen LogP contribution in [0, 0.1) is 6.92 Å². The minimum Gasteiger partial charge on any atom is -0.496 e. The number of benzene rings is 2. The van der Waals surface area contributed by atoms with Gasteiger partial charge in [0.2, 0.25) is 0 Å². The lowest BCUT2D eigenvalue weighted by atomic mass is 9.93. The number of nitrogens with one attached hydrogen (secondary N) is 1. The third kappa shape index (κ3) is 4.86. The molecule has 1 aromatic heterocycles. The Morgan fingerprint density at radius 3 is 2.45 bits per heavy atom. The van der Waals surface area contributed by atoms with Crippen LogP contribution in [0.25, 0.3) is 0 Å². The number of methoxy groups -OCH3 is 1. The molecular weight excluding hydrogens is 362 g/mol. The summed E-state index contributed by atoms with van der Waals surface area (Å²) in [7, 11) is 1.70. The smallest absolute Gasteiger partial charge is 0.251 e. The fourth-order valence-electron chi connectivity index (χ4n) is 3.52. The first-order chi connectivity index (χ1) is 13.9. The minimum absolute atomic E-state index is 0.0759. The highest BCUT2D eigenvalue weighted by Crippen LogP contribution is 2.32. The second-order valence-electron chi connectivity index (χ2n) is 7.73. The SMILES string of the molecule is COc1cc(C)c([C@H](C)NC(=O)c2ccc(Cn3ccnc3)cc2)cc1C(C)C. The van der Waals surface area contributed by atoms with Crippen molar-refractivity contribution in [1.29, 1.82) is 0 Å². The van der Waals surface area contributed by atoms with Gasteiger partial charge in [-0.1, -0.05) is 26.0 Å². The van der Waals surface area contributed by atoms with Crippen LogP contribution < -0.4 is 10.1 Å². The zero-order valence-electron chi connectivity index (χ0n) is 17.8. The highest BCUT2D eigenvalue weighted by Gasteiger charge is 2.17. The number of carbonyl (C=O) groups excluding carboxylic acids is 1. The third-order valence-corrected chi connectivity index (χ3v) is 5.19. The van der Waals surface area contributed by atoms with Crippen molar-refractivity contribution in [2.75, 3.05) is 7.11 Å². The Hall–Kier alpha value is -3.08. The van der Waals surface area contributed by atoms with Crippen LogP contribution in [-0.2, 0) is 6.54 Å². The molecule has 1 atom stereocenters. The summed E-state index contributed by atoms with van der Waals surface area (Å²) in [5.41, 5.74) is 5.15. The molecule has 1 amide bonds. The van der Waals surface area contributed by atoms with Crippen molar-refractivity contribution in [2.45, 2.75) is 46.2 Å². The maximum atomic E-state index is 12.8. The second-order valence-corrected chi connectivity index (χ2v) is 7.73. The molecule has 0 aliphatic carbocycles. The van der Waals surface area contributed by atoms with Gasteiger partial charge in [0.15, 0.2) is 0 Å². The van der Waals surface area contributed by atoms with Crippen molar-refractivity contribution in [3.05, 3.63) is 82.9 Å². The van der Waals surface area contributed by atoms with Gasteiger partial charge >= 0.3 is 0 Å². The molecule has 0 radical (unpaired) electrons. The molecule has 0 aliphatic heterocycles. The van der Waals surface area contributed by atoms with Crippen molar-refractivity contribution < 1.29 is 9.53 Å². The lowest BCUT2D eigenvalue weighted by Gasteiger charge is -2.21. The summed E-state index contributed by atoms with van der Waals surface area (Å²) in [6, 6.07) is 11.8. The summed E-state index contributed by atoms with van der Waals surface area (Å²) >= 11 is 0. The lowest BCUT2D eigenvalue weighted by Crippen LogP contribution is -2.27. The van der Waals surface area contributed by atoms with Gasteiger partial charge in [0, 0.05) is 24.5 Å². The number of nitrogens with zero attached hydrogens (tertiary/aromatic N) is 2. The van der Waals surface area contributed by atoms with Gasteiger partial charge in [-0.05, 0) is 66.3 Å². The molecule has 5 heteroatoms. The fraction of sp³-hybridized carbons (Fsp3) is 0.333. The standard InChI is InChI=1S/C24H29N3O2/c1-16(2)21-13-22(17(3)12-23(21)29-5)18(4)26-24(28)20-8-6-19(7-9-20)14-27-11-10-25-15-27/h6-13,15-16,18H,14H2,1-5H3,(H,26,28)/t18-/m0/s1. The van der Waals surface area contributed by atoms with E-state index in [1.165, 1.54) is 0 Å². The van der Waals surface area contributed by atoms with Gasteiger partial charge in [0.05, 0.1) is 19.5 Å². The summed E-state index contributed by atoms with van der Waals surface area (Å²) in [4.78, 5) is 16.8. The highest BCUT2D eigenvalue weighted by atomic mass is 16.5. The number of hydrogen-bond donors (Lipinski definition) is 1. The van der Waals surface area contributed by atoms with E-state index in [0.717, 1.165) is 34.5 Å². The fourth-order valence-corrected chi connectivity index (χ4v) is 3.52. The molecule has 1 heterocycles. The quantitative estimate of drug-likeness (QED) is 0.626. The monoisotopic (exact) mass is 391 g/mol. The number of carbonyl (C=O) groups is 1. The normalized spacial score (nSPS) is 12.1. The van der Waals surface area contributed by atoms with Crippen LogP contribution in [-0.4, -0.2) is 22.6 Å². The van der Waals surface area contributed by atoms with E-state index in [9.17, 15) is 4.79 Å². The van der Waals surface area contributed by atoms with Gasteiger partial charge in [0.25, 0.3) is 5.91 Å². The zero-order valence-corrected chi connectivity index (χ0v) is 17.8. The molecule has 152 valence electrons. The predicted molar refractivity (Wildman–Crippen MR) is 115 cm³/mol. The molecule has 2 aromatic carbocycles. The van der Waals surface area contributed by atoms with Crippen molar-refractivity contribution in [3.8, 4) is 5.75 Å². The van der Waals surface area contributed by atoms with E-state index in [0.29, 0.717) is 11.5 Å². The van der Waals surface area contributed by atoms with Crippen LogP contribution in [0.1, 0.15) is 65.3 Å². The van der Waals surface area contributed by atoms with E-state index < -0.39 is 0 Å². The van der Waals surface area contributed by atoms with Crippen molar-refractivity contribution in [1.82, 2.24) is 14.9 Å². The van der Waals surface area contributed by atoms with Crippen LogP contribution in [0.4, 0.5) is 0 Å². The van der Waals surface area contributed by atoms with E-state index in [1.807, 2.05) is 42.0 Å². The predicted octanol–water partition coefficient (Wildman–Crippen LogP) is 4.86. The van der Waals surface area contributed by atoms with Gasteiger partial charge in [0.1, 0.15) is 5.75 Å². The Labute approximate surface area is 172 Å². The summed E-state index contributed by atoms with van der Waals surface area (Å²) in [5.74, 6) is 1.16. The van der Waals surface area contributed by atoms with Crippen LogP contribution in [0.5, 0.6) is 5.75 Å². The van der Waals surface area contributed by atoms with E-state index in [-0.39, 0.29) is 11.9 Å². The van der Waals surface area contributed by atoms with Crippen LogP contribution >= 0.6 is 0 Å². The molecule has 0 saturated carbocycles. The average molecular weight is 392 g/mol. The second kappa shape index (κ2) is 8.95. The Kier molecular flexibility index (Phi) is 6.37. The first kappa shape index (κ1) is 20.6. The molecule has 29 heavy (non-hydrogen) atoms. The Bertz CT molecular complexity index is 961.